The maximum absolute atomic E-state index is 12.6. The number of methoxy groups -OCH3 is 1. The van der Waals surface area contributed by atoms with Crippen LogP contribution in [0.1, 0.15) is 10.4 Å². The van der Waals surface area contributed by atoms with Crippen molar-refractivity contribution in [2.45, 2.75) is 0 Å². The number of anilines is 2. The number of aryl methyl sites for hydroxylation is 1. The molecule has 9 heteroatoms. The zero-order valence-electron chi connectivity index (χ0n) is 15.2. The number of carbonyl (C=O) groups is 1. The van der Waals surface area contributed by atoms with Crippen molar-refractivity contribution in [2.75, 3.05) is 43.6 Å². The van der Waals surface area contributed by atoms with Crippen LogP contribution >= 0.6 is 0 Å². The van der Waals surface area contributed by atoms with Gasteiger partial charge in [-0.2, -0.15) is 5.10 Å². The minimum atomic E-state index is -0.256. The average Bonchev–Trinajstić information content (AvgIpc) is 3.02. The molecule has 1 fully saturated rings. The van der Waals surface area contributed by atoms with Gasteiger partial charge in [-0.25, -0.2) is 14.6 Å². The number of hydrogen-bond acceptors (Lipinski definition) is 7. The van der Waals surface area contributed by atoms with Crippen molar-refractivity contribution < 1.29 is 14.3 Å². The highest BCUT2D eigenvalue weighted by Gasteiger charge is 2.16. The van der Waals surface area contributed by atoms with Crippen LogP contribution in [0.3, 0.4) is 0 Å². The Morgan fingerprint density at radius 3 is 2.81 bits per heavy atom. The van der Waals surface area contributed by atoms with Gasteiger partial charge in [0.15, 0.2) is 0 Å². The molecule has 1 aromatic carbocycles. The lowest BCUT2D eigenvalue weighted by Gasteiger charge is -2.27. The molecule has 1 amide bonds. The summed E-state index contributed by atoms with van der Waals surface area (Å²) in [7, 11) is 3.39. The number of carbonyl (C=O) groups excluding carboxylic acids is 1. The van der Waals surface area contributed by atoms with Crippen molar-refractivity contribution in [1.29, 1.82) is 0 Å². The SMILES string of the molecule is COc1c2ccc(C(=O)Nc3cc(N4CCOCC4)ncn3)cc2nn1C. The van der Waals surface area contributed by atoms with Crippen LogP contribution in [0.5, 0.6) is 5.88 Å². The van der Waals surface area contributed by atoms with E-state index in [1.807, 2.05) is 6.07 Å². The fourth-order valence-electron chi connectivity index (χ4n) is 3.13. The summed E-state index contributed by atoms with van der Waals surface area (Å²) < 4.78 is 12.3. The first-order chi connectivity index (χ1) is 13.2. The molecule has 140 valence electrons. The van der Waals surface area contributed by atoms with Gasteiger partial charge in [0.05, 0.1) is 31.2 Å². The first-order valence-electron chi connectivity index (χ1n) is 8.62. The third-order valence-electron chi connectivity index (χ3n) is 4.46. The number of nitrogens with one attached hydrogen (secondary N) is 1. The van der Waals surface area contributed by atoms with Gasteiger partial charge >= 0.3 is 0 Å². The van der Waals surface area contributed by atoms with E-state index in [1.165, 1.54) is 6.33 Å². The predicted molar refractivity (Wildman–Crippen MR) is 100 cm³/mol. The molecule has 0 bridgehead atoms. The summed E-state index contributed by atoms with van der Waals surface area (Å²) in [5.74, 6) is 1.62. The second-order valence-corrected chi connectivity index (χ2v) is 6.18. The van der Waals surface area contributed by atoms with Crippen molar-refractivity contribution in [3.63, 3.8) is 0 Å². The van der Waals surface area contributed by atoms with Gasteiger partial charge in [0.2, 0.25) is 5.88 Å². The molecule has 3 heterocycles. The van der Waals surface area contributed by atoms with Crippen molar-refractivity contribution in [3.05, 3.63) is 36.2 Å². The van der Waals surface area contributed by atoms with Crippen LogP contribution < -0.4 is 15.0 Å². The molecular formula is C18H20N6O3. The summed E-state index contributed by atoms with van der Waals surface area (Å²) in [6, 6.07) is 7.07. The Hall–Kier alpha value is -3.20. The molecule has 0 radical (unpaired) electrons. The molecule has 2 aromatic heterocycles. The zero-order chi connectivity index (χ0) is 18.8. The van der Waals surface area contributed by atoms with Gasteiger partial charge in [0, 0.05) is 31.8 Å². The molecule has 0 aliphatic carbocycles. The number of nitrogens with zero attached hydrogens (tertiary/aromatic N) is 5. The Labute approximate surface area is 155 Å². The summed E-state index contributed by atoms with van der Waals surface area (Å²) >= 11 is 0. The van der Waals surface area contributed by atoms with Crippen molar-refractivity contribution in [2.24, 2.45) is 7.05 Å². The molecule has 1 aliphatic rings. The zero-order valence-corrected chi connectivity index (χ0v) is 15.2. The molecule has 9 nitrogen and oxygen atoms in total. The third-order valence-corrected chi connectivity index (χ3v) is 4.46. The van der Waals surface area contributed by atoms with Crippen LogP contribution in [0.25, 0.3) is 10.9 Å². The minimum Gasteiger partial charge on any atom is -0.481 e. The molecule has 3 aromatic rings. The minimum absolute atomic E-state index is 0.256. The monoisotopic (exact) mass is 368 g/mol. The van der Waals surface area contributed by atoms with Gasteiger partial charge in [-0.05, 0) is 18.2 Å². The number of rotatable bonds is 4. The second kappa shape index (κ2) is 7.20. The van der Waals surface area contributed by atoms with Gasteiger partial charge in [0.25, 0.3) is 5.91 Å². The summed E-state index contributed by atoms with van der Waals surface area (Å²) in [6.07, 6.45) is 1.45. The summed E-state index contributed by atoms with van der Waals surface area (Å²) in [4.78, 5) is 23.2. The predicted octanol–water partition coefficient (Wildman–Crippen LogP) is 1.46. The van der Waals surface area contributed by atoms with Crippen LogP contribution in [0.2, 0.25) is 0 Å². The van der Waals surface area contributed by atoms with E-state index in [-0.39, 0.29) is 5.91 Å². The number of hydrogen-bond donors (Lipinski definition) is 1. The highest BCUT2D eigenvalue weighted by atomic mass is 16.5. The van der Waals surface area contributed by atoms with E-state index in [0.717, 1.165) is 24.3 Å². The van der Waals surface area contributed by atoms with E-state index in [2.05, 4.69) is 25.3 Å². The van der Waals surface area contributed by atoms with Crippen LogP contribution in [0.4, 0.5) is 11.6 Å². The van der Waals surface area contributed by atoms with Crippen LogP contribution in [-0.4, -0.2) is 59.1 Å². The molecule has 0 atom stereocenters. The number of benzene rings is 1. The normalized spacial score (nSPS) is 14.4. The van der Waals surface area contributed by atoms with Gasteiger partial charge in [-0.3, -0.25) is 4.79 Å². The Morgan fingerprint density at radius 1 is 1.22 bits per heavy atom. The summed E-state index contributed by atoms with van der Waals surface area (Å²) in [5.41, 5.74) is 1.19. The van der Waals surface area contributed by atoms with Gasteiger partial charge in [-0.15, -0.1) is 0 Å². The Bertz CT molecular complexity index is 980. The molecule has 1 aliphatic heterocycles. The van der Waals surface area contributed by atoms with Crippen LogP contribution in [-0.2, 0) is 11.8 Å². The molecule has 0 unspecified atom stereocenters. The maximum atomic E-state index is 12.6. The fourth-order valence-corrected chi connectivity index (χ4v) is 3.13. The molecule has 4 rings (SSSR count). The van der Waals surface area contributed by atoms with Gasteiger partial charge in [-0.1, -0.05) is 0 Å². The lowest BCUT2D eigenvalue weighted by Crippen LogP contribution is -2.36. The van der Waals surface area contributed by atoms with Crippen LogP contribution in [0.15, 0.2) is 30.6 Å². The Morgan fingerprint density at radius 2 is 2.04 bits per heavy atom. The lowest BCUT2D eigenvalue weighted by atomic mass is 10.1. The lowest BCUT2D eigenvalue weighted by molar-refractivity contribution is 0.102. The first kappa shape index (κ1) is 17.2. The largest absolute Gasteiger partial charge is 0.481 e. The maximum Gasteiger partial charge on any atom is 0.256 e. The Balaban J connectivity index is 1.54. The topological polar surface area (TPSA) is 94.4 Å². The van der Waals surface area contributed by atoms with E-state index in [1.54, 1.807) is 37.0 Å². The van der Waals surface area contributed by atoms with Crippen molar-refractivity contribution in [1.82, 2.24) is 19.7 Å². The number of fused-ring (bicyclic) bond motifs is 1. The third kappa shape index (κ3) is 3.41. The number of amides is 1. The molecule has 0 saturated carbocycles. The fraction of sp³-hybridized carbons (Fsp3) is 0.333. The molecule has 1 saturated heterocycles. The standard InChI is InChI=1S/C18H20N6O3/c1-23-18(26-2)13-4-3-12(9-14(13)22-23)17(25)21-15-10-16(20-11-19-15)24-5-7-27-8-6-24/h3-4,9-11H,5-8H2,1-2H3,(H,19,20,21,25). The highest BCUT2D eigenvalue weighted by molar-refractivity contribution is 6.06. The second-order valence-electron chi connectivity index (χ2n) is 6.18. The molecule has 1 N–H and O–H groups in total. The van der Waals surface area contributed by atoms with E-state index in [0.29, 0.717) is 36.0 Å². The van der Waals surface area contributed by atoms with E-state index in [4.69, 9.17) is 9.47 Å². The number of aromatic nitrogens is 4. The summed E-state index contributed by atoms with van der Waals surface area (Å²) in [5, 5.41) is 8.06. The number of morpholine rings is 1. The average molecular weight is 368 g/mol. The molecule has 0 spiro atoms. The van der Waals surface area contributed by atoms with E-state index in [9.17, 15) is 4.79 Å². The molecule has 27 heavy (non-hydrogen) atoms. The number of ether oxygens (including phenoxy) is 2. The first-order valence-corrected chi connectivity index (χ1v) is 8.62. The van der Waals surface area contributed by atoms with Crippen molar-refractivity contribution in [3.8, 4) is 5.88 Å². The van der Waals surface area contributed by atoms with Crippen molar-refractivity contribution >= 4 is 28.4 Å². The molecular weight excluding hydrogens is 348 g/mol. The smallest absolute Gasteiger partial charge is 0.256 e. The Kier molecular flexibility index (Phi) is 4.59. The summed E-state index contributed by atoms with van der Waals surface area (Å²) in [6.45, 7) is 2.86. The highest BCUT2D eigenvalue weighted by Crippen LogP contribution is 2.25. The van der Waals surface area contributed by atoms with E-state index >= 15 is 0 Å². The quantitative estimate of drug-likeness (QED) is 0.745. The van der Waals surface area contributed by atoms with E-state index < -0.39 is 0 Å². The van der Waals surface area contributed by atoms with Crippen LogP contribution in [0, 0.1) is 0 Å². The van der Waals surface area contributed by atoms with Gasteiger partial charge in [0.1, 0.15) is 18.0 Å². The van der Waals surface area contributed by atoms with Gasteiger partial charge < -0.3 is 19.7 Å².